The SMILES string of the molecule is Cc1cscc1C(=O)Nc1ccc(Cl)nc1C. The molecule has 0 aromatic carbocycles. The first kappa shape index (κ1) is 12.1. The Morgan fingerprint density at radius 3 is 2.71 bits per heavy atom. The van der Waals surface area contributed by atoms with Crippen molar-refractivity contribution in [3.05, 3.63) is 44.9 Å². The quantitative estimate of drug-likeness (QED) is 0.843. The van der Waals surface area contributed by atoms with Crippen molar-refractivity contribution in [1.29, 1.82) is 0 Å². The molecule has 3 nitrogen and oxygen atoms in total. The molecule has 0 bridgehead atoms. The van der Waals surface area contributed by atoms with Crippen LogP contribution in [0.5, 0.6) is 0 Å². The van der Waals surface area contributed by atoms with Crippen LogP contribution in [0.4, 0.5) is 5.69 Å². The molecule has 1 amide bonds. The molecule has 0 fully saturated rings. The number of pyridine rings is 1. The average molecular weight is 267 g/mol. The summed E-state index contributed by atoms with van der Waals surface area (Å²) >= 11 is 7.27. The van der Waals surface area contributed by atoms with Crippen LogP contribution in [0.2, 0.25) is 5.15 Å². The van der Waals surface area contributed by atoms with Crippen LogP contribution in [0.25, 0.3) is 0 Å². The van der Waals surface area contributed by atoms with Gasteiger partial charge in [0, 0.05) is 5.38 Å². The number of aromatic nitrogens is 1. The fraction of sp³-hybridized carbons (Fsp3) is 0.167. The third kappa shape index (κ3) is 2.65. The van der Waals surface area contributed by atoms with E-state index in [0.717, 1.165) is 5.56 Å². The predicted octanol–water partition coefficient (Wildman–Crippen LogP) is 3.67. The lowest BCUT2D eigenvalue weighted by Gasteiger charge is -2.07. The molecule has 17 heavy (non-hydrogen) atoms. The zero-order valence-corrected chi connectivity index (χ0v) is 11.0. The highest BCUT2D eigenvalue weighted by Crippen LogP contribution is 2.19. The van der Waals surface area contributed by atoms with Crippen LogP contribution in [0.1, 0.15) is 21.6 Å². The third-order valence-corrected chi connectivity index (χ3v) is 3.47. The molecule has 0 saturated heterocycles. The number of nitrogens with zero attached hydrogens (tertiary/aromatic N) is 1. The van der Waals surface area contributed by atoms with Gasteiger partial charge in [0.2, 0.25) is 0 Å². The molecule has 0 atom stereocenters. The van der Waals surface area contributed by atoms with Crippen LogP contribution in [-0.4, -0.2) is 10.9 Å². The number of carbonyl (C=O) groups excluding carboxylic acids is 1. The molecule has 1 N–H and O–H groups in total. The van der Waals surface area contributed by atoms with Crippen LogP contribution in [0.3, 0.4) is 0 Å². The van der Waals surface area contributed by atoms with Gasteiger partial charge in [0.05, 0.1) is 16.9 Å². The summed E-state index contributed by atoms with van der Waals surface area (Å²) in [5.41, 5.74) is 3.07. The van der Waals surface area contributed by atoms with E-state index in [1.54, 1.807) is 12.1 Å². The van der Waals surface area contributed by atoms with Crippen LogP contribution in [0.15, 0.2) is 22.9 Å². The molecule has 2 heterocycles. The Morgan fingerprint density at radius 1 is 1.35 bits per heavy atom. The second-order valence-corrected chi connectivity index (χ2v) is 4.82. The minimum Gasteiger partial charge on any atom is -0.320 e. The van der Waals surface area contributed by atoms with Gasteiger partial charge in [-0.05, 0) is 36.9 Å². The summed E-state index contributed by atoms with van der Waals surface area (Å²) in [4.78, 5) is 16.1. The first-order valence-corrected chi connectivity index (χ1v) is 6.37. The van der Waals surface area contributed by atoms with Gasteiger partial charge in [-0.15, -0.1) is 0 Å². The van der Waals surface area contributed by atoms with Gasteiger partial charge in [-0.2, -0.15) is 11.3 Å². The number of thiophene rings is 1. The van der Waals surface area contributed by atoms with E-state index in [2.05, 4.69) is 10.3 Å². The van der Waals surface area contributed by atoms with E-state index in [-0.39, 0.29) is 5.91 Å². The summed E-state index contributed by atoms with van der Waals surface area (Å²) in [5.74, 6) is -0.115. The Balaban J connectivity index is 2.22. The molecule has 88 valence electrons. The Labute approximate surface area is 108 Å². The standard InChI is InChI=1S/C12H11ClN2OS/c1-7-5-17-6-9(7)12(16)15-10-3-4-11(13)14-8(10)2/h3-6H,1-2H3,(H,15,16). The second-order valence-electron chi connectivity index (χ2n) is 3.69. The Hall–Kier alpha value is -1.39. The fourth-order valence-corrected chi connectivity index (χ4v) is 2.46. The van der Waals surface area contributed by atoms with Gasteiger partial charge < -0.3 is 5.32 Å². The van der Waals surface area contributed by atoms with E-state index in [1.165, 1.54) is 11.3 Å². The zero-order valence-electron chi connectivity index (χ0n) is 9.45. The summed E-state index contributed by atoms with van der Waals surface area (Å²) in [6.07, 6.45) is 0. The number of hydrogen-bond donors (Lipinski definition) is 1. The van der Waals surface area contributed by atoms with E-state index in [0.29, 0.717) is 22.1 Å². The number of amides is 1. The van der Waals surface area contributed by atoms with E-state index in [1.807, 2.05) is 24.6 Å². The normalized spacial score (nSPS) is 10.3. The van der Waals surface area contributed by atoms with Crippen molar-refractivity contribution in [2.45, 2.75) is 13.8 Å². The summed E-state index contributed by atoms with van der Waals surface area (Å²) in [6, 6.07) is 3.41. The van der Waals surface area contributed by atoms with Gasteiger partial charge in [0.1, 0.15) is 5.15 Å². The molecule has 0 radical (unpaired) electrons. The number of hydrogen-bond acceptors (Lipinski definition) is 3. The Bertz CT molecular complexity index is 565. The minimum atomic E-state index is -0.115. The van der Waals surface area contributed by atoms with Gasteiger partial charge in [-0.1, -0.05) is 11.6 Å². The van der Waals surface area contributed by atoms with Crippen LogP contribution in [0, 0.1) is 13.8 Å². The third-order valence-electron chi connectivity index (χ3n) is 2.40. The van der Waals surface area contributed by atoms with Crippen molar-refractivity contribution in [2.24, 2.45) is 0 Å². The van der Waals surface area contributed by atoms with Crippen molar-refractivity contribution >= 4 is 34.5 Å². The molecular formula is C12H11ClN2OS. The lowest BCUT2D eigenvalue weighted by atomic mass is 10.2. The summed E-state index contributed by atoms with van der Waals surface area (Å²) < 4.78 is 0. The number of nitrogens with one attached hydrogen (secondary N) is 1. The molecular weight excluding hydrogens is 256 g/mol. The second kappa shape index (κ2) is 4.85. The van der Waals surface area contributed by atoms with Gasteiger partial charge in [-0.3, -0.25) is 4.79 Å². The monoisotopic (exact) mass is 266 g/mol. The fourth-order valence-electron chi connectivity index (χ4n) is 1.45. The molecule has 2 aromatic heterocycles. The highest BCUT2D eigenvalue weighted by molar-refractivity contribution is 7.08. The Morgan fingerprint density at radius 2 is 2.12 bits per heavy atom. The smallest absolute Gasteiger partial charge is 0.256 e. The van der Waals surface area contributed by atoms with Gasteiger partial charge >= 0.3 is 0 Å². The van der Waals surface area contributed by atoms with E-state index < -0.39 is 0 Å². The van der Waals surface area contributed by atoms with Crippen molar-refractivity contribution < 1.29 is 4.79 Å². The van der Waals surface area contributed by atoms with Crippen LogP contribution >= 0.6 is 22.9 Å². The number of carbonyl (C=O) groups is 1. The first-order chi connectivity index (χ1) is 8.08. The molecule has 5 heteroatoms. The first-order valence-electron chi connectivity index (χ1n) is 5.05. The van der Waals surface area contributed by atoms with Crippen LogP contribution < -0.4 is 5.32 Å². The summed E-state index contributed by atoms with van der Waals surface area (Å²) in [7, 11) is 0. The predicted molar refractivity (Wildman–Crippen MR) is 71.0 cm³/mol. The number of aryl methyl sites for hydroxylation is 2. The Kier molecular flexibility index (Phi) is 3.45. The van der Waals surface area contributed by atoms with Crippen molar-refractivity contribution in [3.8, 4) is 0 Å². The highest BCUT2D eigenvalue weighted by Gasteiger charge is 2.11. The molecule has 0 aliphatic carbocycles. The van der Waals surface area contributed by atoms with E-state index >= 15 is 0 Å². The summed E-state index contributed by atoms with van der Waals surface area (Å²) in [6.45, 7) is 3.72. The van der Waals surface area contributed by atoms with Crippen molar-refractivity contribution in [2.75, 3.05) is 5.32 Å². The number of rotatable bonds is 2. The maximum absolute atomic E-state index is 12.0. The van der Waals surface area contributed by atoms with Gasteiger partial charge in [0.15, 0.2) is 0 Å². The van der Waals surface area contributed by atoms with Crippen molar-refractivity contribution in [1.82, 2.24) is 4.98 Å². The molecule has 0 aliphatic heterocycles. The maximum atomic E-state index is 12.0. The van der Waals surface area contributed by atoms with Gasteiger partial charge in [-0.25, -0.2) is 4.98 Å². The maximum Gasteiger partial charge on any atom is 0.256 e. The topological polar surface area (TPSA) is 42.0 Å². The average Bonchev–Trinajstić information content (AvgIpc) is 2.68. The number of anilines is 1. The largest absolute Gasteiger partial charge is 0.320 e. The lowest BCUT2D eigenvalue weighted by Crippen LogP contribution is -2.13. The molecule has 2 aromatic rings. The van der Waals surface area contributed by atoms with E-state index in [4.69, 9.17) is 11.6 Å². The minimum absolute atomic E-state index is 0.115. The molecule has 0 aliphatic rings. The van der Waals surface area contributed by atoms with Gasteiger partial charge in [0.25, 0.3) is 5.91 Å². The summed E-state index contributed by atoms with van der Waals surface area (Å²) in [5, 5.41) is 7.03. The van der Waals surface area contributed by atoms with Crippen LogP contribution in [-0.2, 0) is 0 Å². The zero-order chi connectivity index (χ0) is 12.4. The molecule has 0 unspecified atom stereocenters. The lowest BCUT2D eigenvalue weighted by molar-refractivity contribution is 0.102. The highest BCUT2D eigenvalue weighted by atomic mass is 35.5. The number of halogens is 1. The van der Waals surface area contributed by atoms with E-state index in [9.17, 15) is 4.79 Å². The van der Waals surface area contributed by atoms with Crippen molar-refractivity contribution in [3.63, 3.8) is 0 Å². The molecule has 2 rings (SSSR count). The molecule has 0 spiro atoms. The molecule has 0 saturated carbocycles.